The molecule has 0 amide bonds. The van der Waals surface area contributed by atoms with Crippen LogP contribution in [0.5, 0.6) is 0 Å². The van der Waals surface area contributed by atoms with E-state index in [1.54, 1.807) is 13.0 Å². The van der Waals surface area contributed by atoms with Crippen molar-refractivity contribution in [1.82, 2.24) is 10.2 Å². The van der Waals surface area contributed by atoms with Gasteiger partial charge in [-0.1, -0.05) is 0 Å². The van der Waals surface area contributed by atoms with E-state index in [0.717, 1.165) is 0 Å². The number of hydrogen-bond donors (Lipinski definition) is 1. The van der Waals surface area contributed by atoms with Crippen LogP contribution in [-0.4, -0.2) is 15.1 Å². The molecule has 1 aromatic heterocycles. The van der Waals surface area contributed by atoms with Crippen LogP contribution >= 0.6 is 11.8 Å². The summed E-state index contributed by atoms with van der Waals surface area (Å²) in [7, 11) is 0. The van der Waals surface area contributed by atoms with Gasteiger partial charge in [0, 0.05) is 17.9 Å². The lowest BCUT2D eigenvalue weighted by atomic mass is 10.3. The fourth-order valence-corrected chi connectivity index (χ4v) is 1.95. The number of benzene rings is 1. The normalized spacial score (nSPS) is 10.4. The van der Waals surface area contributed by atoms with E-state index in [0.29, 0.717) is 16.0 Å². The second-order valence-corrected chi connectivity index (χ2v) is 4.19. The Hall–Kier alpha value is -2.09. The van der Waals surface area contributed by atoms with Gasteiger partial charge in [-0.15, -0.1) is 10.2 Å². The third-order valence-corrected chi connectivity index (χ3v) is 2.74. The third-order valence-electron chi connectivity index (χ3n) is 1.91. The Kier molecular flexibility index (Phi) is 2.96. The Morgan fingerprint density at radius 1 is 1.47 bits per heavy atom. The monoisotopic (exact) mass is 252 g/mol. The Bertz CT molecular complexity index is 569. The smallest absolute Gasteiger partial charge is 0.292 e. The van der Waals surface area contributed by atoms with Gasteiger partial charge in [0.05, 0.1) is 4.92 Å². The average Bonchev–Trinajstić information content (AvgIpc) is 2.63. The number of nitrogen functional groups attached to an aromatic ring is 1. The van der Waals surface area contributed by atoms with Crippen molar-refractivity contribution in [3.05, 3.63) is 34.2 Å². The average molecular weight is 252 g/mol. The zero-order valence-electron chi connectivity index (χ0n) is 8.78. The zero-order valence-corrected chi connectivity index (χ0v) is 9.60. The fraction of sp³-hybridized carbons (Fsp3) is 0.111. The Labute approximate surface area is 100 Å². The van der Waals surface area contributed by atoms with Crippen molar-refractivity contribution in [2.45, 2.75) is 17.0 Å². The summed E-state index contributed by atoms with van der Waals surface area (Å²) in [4.78, 5) is 10.8. The number of aryl methyl sites for hydroxylation is 1. The quantitative estimate of drug-likeness (QED) is 0.505. The maximum Gasteiger partial charge on any atom is 0.292 e. The van der Waals surface area contributed by atoms with Crippen LogP contribution in [0.4, 0.5) is 11.4 Å². The molecule has 88 valence electrons. The van der Waals surface area contributed by atoms with Crippen LogP contribution < -0.4 is 5.73 Å². The molecule has 2 aromatic rings. The molecule has 0 aliphatic heterocycles. The van der Waals surface area contributed by atoms with Crippen molar-refractivity contribution in [3.63, 3.8) is 0 Å². The lowest BCUT2D eigenvalue weighted by molar-refractivity contribution is -0.383. The van der Waals surface area contributed by atoms with Gasteiger partial charge < -0.3 is 10.2 Å². The molecule has 2 N–H and O–H groups in total. The lowest BCUT2D eigenvalue weighted by Crippen LogP contribution is -1.95. The van der Waals surface area contributed by atoms with Crippen molar-refractivity contribution in [2.24, 2.45) is 0 Å². The van der Waals surface area contributed by atoms with Crippen LogP contribution in [0.3, 0.4) is 0 Å². The molecule has 7 nitrogen and oxygen atoms in total. The predicted octanol–water partition coefficient (Wildman–Crippen LogP) is 2.02. The maximum atomic E-state index is 10.6. The van der Waals surface area contributed by atoms with Gasteiger partial charge in [0.2, 0.25) is 5.89 Å². The van der Waals surface area contributed by atoms with Gasteiger partial charge in [0.15, 0.2) is 0 Å². The SMILES string of the molecule is Cc1nnc(Sc2ccc([N+](=O)[O-])c(N)c2)o1. The number of nitrogens with zero attached hydrogens (tertiary/aromatic N) is 3. The van der Waals surface area contributed by atoms with Crippen molar-refractivity contribution in [3.8, 4) is 0 Å². The summed E-state index contributed by atoms with van der Waals surface area (Å²) in [5.41, 5.74) is 5.55. The summed E-state index contributed by atoms with van der Waals surface area (Å²) in [5.74, 6) is 0.461. The lowest BCUT2D eigenvalue weighted by Gasteiger charge is -1.99. The molecule has 0 spiro atoms. The van der Waals surface area contributed by atoms with Crippen LogP contribution in [0.1, 0.15) is 5.89 Å². The van der Waals surface area contributed by atoms with E-state index in [4.69, 9.17) is 10.2 Å². The fourth-order valence-electron chi connectivity index (χ4n) is 1.18. The highest BCUT2D eigenvalue weighted by Crippen LogP contribution is 2.31. The molecule has 0 unspecified atom stereocenters. The third kappa shape index (κ3) is 2.53. The van der Waals surface area contributed by atoms with Gasteiger partial charge in [0.25, 0.3) is 10.9 Å². The van der Waals surface area contributed by atoms with Crippen molar-refractivity contribution in [1.29, 1.82) is 0 Å². The van der Waals surface area contributed by atoms with Gasteiger partial charge in [0.1, 0.15) is 5.69 Å². The number of nitro groups is 1. The summed E-state index contributed by atoms with van der Waals surface area (Å²) < 4.78 is 5.17. The first-order chi connectivity index (χ1) is 8.06. The molecule has 1 heterocycles. The summed E-state index contributed by atoms with van der Waals surface area (Å²) in [6, 6.07) is 4.43. The van der Waals surface area contributed by atoms with E-state index < -0.39 is 4.92 Å². The summed E-state index contributed by atoms with van der Waals surface area (Å²) >= 11 is 1.20. The highest BCUT2D eigenvalue weighted by Gasteiger charge is 2.13. The largest absolute Gasteiger partial charge is 0.416 e. The molecule has 0 saturated carbocycles. The first kappa shape index (κ1) is 11.4. The van der Waals surface area contributed by atoms with Gasteiger partial charge in [-0.2, -0.15) is 0 Å². The molecule has 0 saturated heterocycles. The summed E-state index contributed by atoms with van der Waals surface area (Å²) in [5, 5.41) is 18.4. The minimum Gasteiger partial charge on any atom is -0.416 e. The molecule has 0 aliphatic carbocycles. The van der Waals surface area contributed by atoms with Crippen LogP contribution in [0.2, 0.25) is 0 Å². The van der Waals surface area contributed by atoms with Gasteiger partial charge >= 0.3 is 0 Å². The number of rotatable bonds is 3. The van der Waals surface area contributed by atoms with E-state index >= 15 is 0 Å². The minimum atomic E-state index is -0.527. The molecule has 17 heavy (non-hydrogen) atoms. The van der Waals surface area contributed by atoms with Gasteiger partial charge in [-0.05, 0) is 23.9 Å². The highest BCUT2D eigenvalue weighted by atomic mass is 32.2. The van der Waals surface area contributed by atoms with Crippen LogP contribution in [0.25, 0.3) is 0 Å². The van der Waals surface area contributed by atoms with E-state index in [-0.39, 0.29) is 11.4 Å². The van der Waals surface area contributed by atoms with Gasteiger partial charge in [-0.3, -0.25) is 10.1 Å². The molecule has 0 radical (unpaired) electrons. The van der Waals surface area contributed by atoms with E-state index in [1.165, 1.54) is 23.9 Å². The topological polar surface area (TPSA) is 108 Å². The highest BCUT2D eigenvalue weighted by molar-refractivity contribution is 7.99. The molecular weight excluding hydrogens is 244 g/mol. The molecular formula is C9H8N4O3S. The number of aromatic nitrogens is 2. The molecule has 0 bridgehead atoms. The Morgan fingerprint density at radius 2 is 2.24 bits per heavy atom. The van der Waals surface area contributed by atoms with Crippen molar-refractivity contribution in [2.75, 3.05) is 5.73 Å². The van der Waals surface area contributed by atoms with E-state index in [9.17, 15) is 10.1 Å². The number of nitro benzene ring substituents is 1. The Balaban J connectivity index is 2.23. The summed E-state index contributed by atoms with van der Waals surface area (Å²) in [6.07, 6.45) is 0. The number of nitrogens with two attached hydrogens (primary N) is 1. The molecule has 0 aliphatic rings. The van der Waals surface area contributed by atoms with E-state index in [2.05, 4.69) is 10.2 Å². The maximum absolute atomic E-state index is 10.6. The predicted molar refractivity (Wildman–Crippen MR) is 60.7 cm³/mol. The second kappa shape index (κ2) is 4.42. The molecule has 0 fully saturated rings. The Morgan fingerprint density at radius 3 is 2.76 bits per heavy atom. The molecule has 8 heteroatoms. The van der Waals surface area contributed by atoms with Crippen molar-refractivity contribution >= 4 is 23.1 Å². The van der Waals surface area contributed by atoms with Crippen molar-refractivity contribution < 1.29 is 9.34 Å². The molecule has 1 aromatic carbocycles. The molecule has 2 rings (SSSR count). The zero-order chi connectivity index (χ0) is 12.4. The van der Waals surface area contributed by atoms with Crippen LogP contribution in [0.15, 0.2) is 32.7 Å². The number of anilines is 1. The van der Waals surface area contributed by atoms with Gasteiger partial charge in [-0.25, -0.2) is 0 Å². The standard InChI is InChI=1S/C9H8N4O3S/c1-5-11-12-9(16-5)17-6-2-3-8(13(14)15)7(10)4-6/h2-4H,10H2,1H3. The number of hydrogen-bond acceptors (Lipinski definition) is 7. The second-order valence-electron chi connectivity index (χ2n) is 3.17. The van der Waals surface area contributed by atoms with E-state index in [1.807, 2.05) is 0 Å². The summed E-state index contributed by atoms with van der Waals surface area (Å²) in [6.45, 7) is 1.68. The van der Waals surface area contributed by atoms with Crippen LogP contribution in [-0.2, 0) is 0 Å². The first-order valence-electron chi connectivity index (χ1n) is 4.58. The van der Waals surface area contributed by atoms with Crippen LogP contribution in [0, 0.1) is 17.0 Å². The first-order valence-corrected chi connectivity index (χ1v) is 5.40. The molecule has 0 atom stereocenters. The minimum absolute atomic E-state index is 0.108.